The molecule has 136 valence electrons. The first-order valence-electron chi connectivity index (χ1n) is 7.63. The number of halogens is 3. The lowest BCUT2D eigenvalue weighted by atomic mass is 9.94. The molecule has 1 unspecified atom stereocenters. The summed E-state index contributed by atoms with van der Waals surface area (Å²) in [4.78, 5) is 24.1. The highest BCUT2D eigenvalue weighted by Crippen LogP contribution is 2.33. The maximum atomic E-state index is 12.7. The summed E-state index contributed by atoms with van der Waals surface area (Å²) < 4.78 is 38.2. The topological polar surface area (TPSA) is 79.8 Å². The Hall–Kier alpha value is -2.75. The van der Waals surface area contributed by atoms with E-state index in [2.05, 4.69) is 25.6 Å². The Labute approximate surface area is 150 Å². The number of carbonyl (C=O) groups is 1. The second-order valence-electron chi connectivity index (χ2n) is 5.51. The van der Waals surface area contributed by atoms with Crippen molar-refractivity contribution in [1.82, 2.24) is 20.3 Å². The smallest absolute Gasteiger partial charge is 0.350 e. The maximum absolute atomic E-state index is 12.7. The Morgan fingerprint density at radius 3 is 2.96 bits per heavy atom. The molecule has 2 N–H and O–H groups in total. The van der Waals surface area contributed by atoms with Crippen molar-refractivity contribution in [2.45, 2.75) is 12.6 Å². The van der Waals surface area contributed by atoms with E-state index in [1.165, 1.54) is 23.7 Å². The Bertz CT molecular complexity index is 832. The average molecular weight is 381 g/mol. The van der Waals surface area contributed by atoms with E-state index in [1.54, 1.807) is 23.7 Å². The number of rotatable bonds is 5. The summed E-state index contributed by atoms with van der Waals surface area (Å²) in [5.74, 6) is -0.300. The molecule has 1 amide bonds. The first kappa shape index (κ1) is 18.1. The van der Waals surface area contributed by atoms with Crippen molar-refractivity contribution in [3.63, 3.8) is 0 Å². The number of amides is 1. The molecule has 0 spiro atoms. The van der Waals surface area contributed by atoms with Gasteiger partial charge in [0, 0.05) is 23.7 Å². The van der Waals surface area contributed by atoms with Gasteiger partial charge in [0.2, 0.25) is 0 Å². The van der Waals surface area contributed by atoms with Crippen molar-refractivity contribution in [2.24, 2.45) is 5.92 Å². The van der Waals surface area contributed by atoms with E-state index in [9.17, 15) is 18.0 Å². The third-order valence-corrected chi connectivity index (χ3v) is 4.36. The normalized spacial score (nSPS) is 16.9. The number of nitrogens with one attached hydrogen (secondary N) is 2. The minimum atomic E-state index is -4.34. The molecule has 1 atom stereocenters. The number of hydrogen-bond donors (Lipinski definition) is 2. The first-order valence-corrected chi connectivity index (χ1v) is 8.51. The lowest BCUT2D eigenvalue weighted by Crippen LogP contribution is -2.30. The highest BCUT2D eigenvalue weighted by molar-refractivity contribution is 7.14. The van der Waals surface area contributed by atoms with E-state index in [-0.39, 0.29) is 18.7 Å². The van der Waals surface area contributed by atoms with Crippen molar-refractivity contribution >= 4 is 28.2 Å². The van der Waals surface area contributed by atoms with E-state index < -0.39 is 23.6 Å². The number of anilines is 2. The predicted molar refractivity (Wildman–Crippen MR) is 91.1 cm³/mol. The van der Waals surface area contributed by atoms with Crippen LogP contribution in [0, 0.1) is 5.92 Å². The molecule has 0 fully saturated rings. The van der Waals surface area contributed by atoms with Gasteiger partial charge in [-0.2, -0.15) is 13.2 Å². The van der Waals surface area contributed by atoms with Gasteiger partial charge in [-0.3, -0.25) is 4.79 Å². The monoisotopic (exact) mass is 381 g/mol. The molecule has 1 aliphatic rings. The van der Waals surface area contributed by atoms with Gasteiger partial charge in [0.25, 0.3) is 5.91 Å². The summed E-state index contributed by atoms with van der Waals surface area (Å²) in [5.41, 5.74) is -0.401. The third kappa shape index (κ3) is 4.66. The minimum Gasteiger partial charge on any atom is -0.350 e. The van der Waals surface area contributed by atoms with Crippen LogP contribution in [0.4, 0.5) is 24.1 Å². The molecule has 26 heavy (non-hydrogen) atoms. The van der Waals surface area contributed by atoms with Crippen LogP contribution in [0.15, 0.2) is 47.8 Å². The van der Waals surface area contributed by atoms with Gasteiger partial charge in [0.05, 0.1) is 0 Å². The minimum absolute atomic E-state index is 0.106. The lowest BCUT2D eigenvalue weighted by molar-refractivity contribution is -0.0950. The van der Waals surface area contributed by atoms with Crippen LogP contribution in [0.1, 0.15) is 16.9 Å². The molecule has 0 radical (unpaired) electrons. The molecular formula is C16H14F3N5OS. The van der Waals surface area contributed by atoms with E-state index in [0.717, 1.165) is 6.08 Å². The summed E-state index contributed by atoms with van der Waals surface area (Å²) >= 11 is 1.22. The Kier molecular flexibility index (Phi) is 5.31. The standard InChI is InChI=1S/C16H14F3N5OS/c17-16(18,19)11-3-1-2-10(6-11)7-21-14(25)12-8-26-15(23-12)24-13-4-5-20-9-22-13/h1-5,8-10H,6-7H2,(H,21,25)(H,20,22,23,24). The zero-order valence-corrected chi connectivity index (χ0v) is 14.1. The van der Waals surface area contributed by atoms with Crippen molar-refractivity contribution in [1.29, 1.82) is 0 Å². The Morgan fingerprint density at radius 2 is 2.23 bits per heavy atom. The van der Waals surface area contributed by atoms with Gasteiger partial charge in [-0.25, -0.2) is 15.0 Å². The molecule has 3 rings (SSSR count). The lowest BCUT2D eigenvalue weighted by Gasteiger charge is -2.20. The molecule has 0 aromatic carbocycles. The molecule has 2 aromatic heterocycles. The maximum Gasteiger partial charge on any atom is 0.412 e. The molecule has 0 saturated carbocycles. The summed E-state index contributed by atoms with van der Waals surface area (Å²) in [6.45, 7) is 0.106. The number of hydrogen-bond acceptors (Lipinski definition) is 6. The molecule has 6 nitrogen and oxygen atoms in total. The second-order valence-corrected chi connectivity index (χ2v) is 6.36. The fourth-order valence-electron chi connectivity index (χ4n) is 2.32. The van der Waals surface area contributed by atoms with Gasteiger partial charge in [-0.05, 0) is 18.4 Å². The van der Waals surface area contributed by atoms with Gasteiger partial charge >= 0.3 is 6.18 Å². The van der Waals surface area contributed by atoms with Crippen molar-refractivity contribution in [3.8, 4) is 0 Å². The number of alkyl halides is 3. The quantitative estimate of drug-likeness (QED) is 0.829. The van der Waals surface area contributed by atoms with Gasteiger partial charge in [0.15, 0.2) is 5.13 Å². The molecule has 0 saturated heterocycles. The van der Waals surface area contributed by atoms with Gasteiger partial charge in [-0.1, -0.05) is 18.2 Å². The summed E-state index contributed by atoms with van der Waals surface area (Å²) in [7, 11) is 0. The fourth-order valence-corrected chi connectivity index (χ4v) is 3.02. The Balaban J connectivity index is 1.53. The molecule has 2 heterocycles. The van der Waals surface area contributed by atoms with Gasteiger partial charge in [0.1, 0.15) is 17.8 Å². The fraction of sp³-hybridized carbons (Fsp3) is 0.250. The van der Waals surface area contributed by atoms with Crippen LogP contribution in [0.3, 0.4) is 0 Å². The van der Waals surface area contributed by atoms with E-state index >= 15 is 0 Å². The molecule has 0 aliphatic heterocycles. The third-order valence-electron chi connectivity index (χ3n) is 3.61. The molecule has 10 heteroatoms. The highest BCUT2D eigenvalue weighted by Gasteiger charge is 2.35. The molecule has 0 bridgehead atoms. The zero-order chi connectivity index (χ0) is 18.6. The average Bonchev–Trinajstić information content (AvgIpc) is 3.09. The van der Waals surface area contributed by atoms with Crippen LogP contribution in [0.2, 0.25) is 0 Å². The van der Waals surface area contributed by atoms with Crippen molar-refractivity contribution in [3.05, 3.63) is 53.5 Å². The van der Waals surface area contributed by atoms with Crippen LogP contribution < -0.4 is 10.6 Å². The van der Waals surface area contributed by atoms with E-state index in [4.69, 9.17) is 0 Å². The summed E-state index contributed by atoms with van der Waals surface area (Å²) in [6.07, 6.45) is 2.53. The van der Waals surface area contributed by atoms with Crippen LogP contribution in [-0.4, -0.2) is 33.6 Å². The second kappa shape index (κ2) is 7.65. The van der Waals surface area contributed by atoms with Crippen LogP contribution in [0.5, 0.6) is 0 Å². The summed E-state index contributed by atoms with van der Waals surface area (Å²) in [5, 5.41) is 7.61. The SMILES string of the molecule is O=C(NCC1C=CC=C(C(F)(F)F)C1)c1csc(Nc2ccncn2)n1. The van der Waals surface area contributed by atoms with Gasteiger partial charge < -0.3 is 10.6 Å². The van der Waals surface area contributed by atoms with Crippen LogP contribution in [0.25, 0.3) is 0 Å². The Morgan fingerprint density at radius 1 is 1.38 bits per heavy atom. The number of thiazole rings is 1. The van der Waals surface area contributed by atoms with E-state index in [0.29, 0.717) is 10.9 Å². The van der Waals surface area contributed by atoms with Gasteiger partial charge in [-0.15, -0.1) is 11.3 Å². The number of nitrogens with zero attached hydrogens (tertiary/aromatic N) is 3. The molecular weight excluding hydrogens is 367 g/mol. The largest absolute Gasteiger partial charge is 0.412 e. The molecule has 1 aliphatic carbocycles. The first-order chi connectivity index (χ1) is 12.4. The molecule has 2 aromatic rings. The van der Waals surface area contributed by atoms with Crippen LogP contribution >= 0.6 is 11.3 Å². The van der Waals surface area contributed by atoms with Crippen molar-refractivity contribution in [2.75, 3.05) is 11.9 Å². The number of allylic oxidation sites excluding steroid dienone is 3. The predicted octanol–water partition coefficient (Wildman–Crippen LogP) is 3.47. The van der Waals surface area contributed by atoms with E-state index in [1.807, 2.05) is 0 Å². The number of aromatic nitrogens is 3. The zero-order valence-electron chi connectivity index (χ0n) is 13.3. The van der Waals surface area contributed by atoms with Crippen LogP contribution in [-0.2, 0) is 0 Å². The number of carbonyl (C=O) groups excluding carboxylic acids is 1. The summed E-state index contributed by atoms with van der Waals surface area (Å²) in [6, 6.07) is 1.66. The van der Waals surface area contributed by atoms with Crippen molar-refractivity contribution < 1.29 is 18.0 Å². The highest BCUT2D eigenvalue weighted by atomic mass is 32.1.